The zero-order chi connectivity index (χ0) is 16.0. The highest BCUT2D eigenvalue weighted by Crippen LogP contribution is 2.34. The Morgan fingerprint density at radius 3 is 2.68 bits per heavy atom. The lowest BCUT2D eigenvalue weighted by Crippen LogP contribution is -2.35. The first-order valence-electron chi connectivity index (χ1n) is 6.22. The number of benzene rings is 1. The summed E-state index contributed by atoms with van der Waals surface area (Å²) in [6, 6.07) is 2.32. The molecule has 0 aliphatic heterocycles. The number of nitrogens with two attached hydrogens (primary N) is 1. The molecule has 0 aliphatic carbocycles. The van der Waals surface area contributed by atoms with E-state index in [2.05, 4.69) is 5.32 Å². The summed E-state index contributed by atoms with van der Waals surface area (Å²) in [5.74, 6) is -0.973. The van der Waals surface area contributed by atoms with Crippen LogP contribution in [-0.2, 0) is 14.3 Å². The van der Waals surface area contributed by atoms with E-state index in [1.807, 2.05) is 22.6 Å². The number of rotatable bonds is 6. The Morgan fingerprint density at radius 2 is 2.14 bits per heavy atom. The number of aromatic hydroxyl groups is 1. The highest BCUT2D eigenvalue weighted by Gasteiger charge is 2.23. The van der Waals surface area contributed by atoms with Crippen LogP contribution >= 0.6 is 46.6 Å². The van der Waals surface area contributed by atoms with E-state index >= 15 is 0 Å². The first-order valence-corrected chi connectivity index (χ1v) is 7.67. The molecule has 124 valence electrons. The highest BCUT2D eigenvalue weighted by molar-refractivity contribution is 14.1. The molecule has 1 rings (SSSR count). The van der Waals surface area contributed by atoms with Crippen molar-refractivity contribution in [2.75, 3.05) is 13.2 Å². The summed E-state index contributed by atoms with van der Waals surface area (Å²) >= 11 is 7.88. The van der Waals surface area contributed by atoms with Gasteiger partial charge in [0.2, 0.25) is 5.91 Å². The number of amides is 1. The normalized spacial score (nSPS) is 11.3. The minimum atomic E-state index is -0.757. The maximum absolute atomic E-state index is 11.7. The molecule has 1 aromatic rings. The number of hydrogen-bond donors (Lipinski definition) is 3. The smallest absolute Gasteiger partial charge is 0.308 e. The van der Waals surface area contributed by atoms with Crippen LogP contribution in [0.2, 0.25) is 5.02 Å². The summed E-state index contributed by atoms with van der Waals surface area (Å²) in [5, 5.41) is 13.1. The first-order chi connectivity index (χ1) is 9.88. The van der Waals surface area contributed by atoms with Gasteiger partial charge in [0.15, 0.2) is 0 Å². The van der Waals surface area contributed by atoms with Gasteiger partial charge in [0, 0.05) is 10.6 Å². The number of carbonyl (C=O) groups excluding carboxylic acids is 2. The van der Waals surface area contributed by atoms with Gasteiger partial charge in [-0.3, -0.25) is 9.59 Å². The van der Waals surface area contributed by atoms with Crippen LogP contribution < -0.4 is 11.1 Å². The van der Waals surface area contributed by atoms with Gasteiger partial charge in [0.05, 0.1) is 29.2 Å². The maximum Gasteiger partial charge on any atom is 0.308 e. The molecular weight excluding hydrogens is 446 g/mol. The molecule has 1 amide bonds. The van der Waals surface area contributed by atoms with E-state index in [1.54, 1.807) is 13.0 Å². The number of halogens is 3. The second kappa shape index (κ2) is 10.1. The zero-order valence-electron chi connectivity index (χ0n) is 11.8. The summed E-state index contributed by atoms with van der Waals surface area (Å²) in [6.45, 7) is 1.69. The average molecular weight is 463 g/mol. The van der Waals surface area contributed by atoms with Crippen LogP contribution in [0.25, 0.3) is 0 Å². The van der Waals surface area contributed by atoms with Gasteiger partial charge < -0.3 is 20.9 Å². The van der Waals surface area contributed by atoms with E-state index in [4.69, 9.17) is 22.1 Å². The van der Waals surface area contributed by atoms with Crippen LogP contribution in [0.5, 0.6) is 5.75 Å². The zero-order valence-corrected chi connectivity index (χ0v) is 15.5. The Labute approximate surface area is 153 Å². The molecule has 9 heteroatoms. The number of phenolic OH excluding ortho intramolecular Hbond substituents is 1. The Bertz CT molecular complexity index is 543. The molecule has 22 heavy (non-hydrogen) atoms. The fourth-order valence-electron chi connectivity index (χ4n) is 1.73. The topological polar surface area (TPSA) is 102 Å². The van der Waals surface area contributed by atoms with Crippen LogP contribution in [0, 0.1) is 3.57 Å². The molecule has 0 bridgehead atoms. The molecule has 0 heterocycles. The number of esters is 1. The molecule has 4 N–H and O–H groups in total. The summed E-state index contributed by atoms with van der Waals surface area (Å²) in [7, 11) is 0. The predicted octanol–water partition coefficient (Wildman–Crippen LogP) is 2.14. The first kappa shape index (κ1) is 21.2. The third-order valence-corrected chi connectivity index (χ3v) is 3.67. The van der Waals surface area contributed by atoms with Crippen molar-refractivity contribution in [3.63, 3.8) is 0 Å². The standard InChI is InChI=1S/C13H16ClIN2O4.ClH/c1-2-21-12(19)5-10(17-11(18)6-16)8-3-7(14)4-9(15)13(8)20;/h3-4,10,20H,2,5-6,16H2,1H3,(H,17,18);1H. The highest BCUT2D eigenvalue weighted by atomic mass is 127. The molecule has 0 saturated carbocycles. The van der Waals surface area contributed by atoms with E-state index in [-0.39, 0.29) is 37.7 Å². The average Bonchev–Trinajstić information content (AvgIpc) is 2.42. The van der Waals surface area contributed by atoms with Gasteiger partial charge in [0.1, 0.15) is 5.75 Å². The number of carbonyl (C=O) groups is 2. The van der Waals surface area contributed by atoms with Crippen molar-refractivity contribution in [3.05, 3.63) is 26.3 Å². The Balaban J connectivity index is 0.00000441. The Hall–Kier alpha value is -0.770. The minimum Gasteiger partial charge on any atom is -0.506 e. The molecule has 0 radical (unpaired) electrons. The number of hydrogen-bond acceptors (Lipinski definition) is 5. The van der Waals surface area contributed by atoms with Crippen molar-refractivity contribution in [2.45, 2.75) is 19.4 Å². The van der Waals surface area contributed by atoms with Gasteiger partial charge in [-0.05, 0) is 41.6 Å². The van der Waals surface area contributed by atoms with E-state index in [0.717, 1.165) is 0 Å². The SMILES string of the molecule is CCOC(=O)CC(NC(=O)CN)c1cc(Cl)cc(I)c1O.Cl. The molecule has 0 fully saturated rings. The van der Waals surface area contributed by atoms with Crippen LogP contribution in [0.15, 0.2) is 12.1 Å². The summed E-state index contributed by atoms with van der Waals surface area (Å²) in [6.07, 6.45) is -0.121. The molecule has 1 aromatic carbocycles. The van der Waals surface area contributed by atoms with Gasteiger partial charge in [-0.1, -0.05) is 11.6 Å². The van der Waals surface area contributed by atoms with Gasteiger partial charge >= 0.3 is 5.97 Å². The second-order valence-electron chi connectivity index (χ2n) is 4.16. The molecule has 1 atom stereocenters. The second-order valence-corrected chi connectivity index (χ2v) is 5.76. The molecule has 0 aromatic heterocycles. The van der Waals surface area contributed by atoms with Crippen molar-refractivity contribution >= 4 is 58.5 Å². The predicted molar refractivity (Wildman–Crippen MR) is 94.3 cm³/mol. The lowest BCUT2D eigenvalue weighted by atomic mass is 10.0. The molecule has 0 aliphatic rings. The van der Waals surface area contributed by atoms with Crippen molar-refractivity contribution < 1.29 is 19.4 Å². The largest absolute Gasteiger partial charge is 0.506 e. The quantitative estimate of drug-likeness (QED) is 0.444. The fourth-order valence-corrected chi connectivity index (χ4v) is 2.79. The van der Waals surface area contributed by atoms with Crippen LogP contribution in [0.1, 0.15) is 24.9 Å². The van der Waals surface area contributed by atoms with Crippen LogP contribution in [-0.4, -0.2) is 30.1 Å². The van der Waals surface area contributed by atoms with Crippen LogP contribution in [0.3, 0.4) is 0 Å². The van der Waals surface area contributed by atoms with E-state index in [9.17, 15) is 14.7 Å². The van der Waals surface area contributed by atoms with Gasteiger partial charge in [0.25, 0.3) is 0 Å². The minimum absolute atomic E-state index is 0. The van der Waals surface area contributed by atoms with Crippen molar-refractivity contribution in [2.24, 2.45) is 5.73 Å². The number of nitrogens with one attached hydrogen (secondary N) is 1. The van der Waals surface area contributed by atoms with Gasteiger partial charge in [-0.15, -0.1) is 12.4 Å². The summed E-state index contributed by atoms with van der Waals surface area (Å²) < 4.78 is 5.39. The monoisotopic (exact) mass is 462 g/mol. The van der Waals surface area contributed by atoms with Gasteiger partial charge in [-0.2, -0.15) is 0 Å². The van der Waals surface area contributed by atoms with Crippen molar-refractivity contribution in [1.82, 2.24) is 5.32 Å². The molecule has 0 spiro atoms. The fraction of sp³-hybridized carbons (Fsp3) is 0.385. The molecular formula is C13H17Cl2IN2O4. The Kier molecular flexibility index (Phi) is 9.74. The molecule has 0 saturated heterocycles. The van der Waals surface area contributed by atoms with E-state index in [1.165, 1.54) is 6.07 Å². The third-order valence-electron chi connectivity index (χ3n) is 2.63. The van der Waals surface area contributed by atoms with Crippen molar-refractivity contribution in [1.29, 1.82) is 0 Å². The lowest BCUT2D eigenvalue weighted by molar-refractivity contribution is -0.143. The Morgan fingerprint density at radius 1 is 1.50 bits per heavy atom. The summed E-state index contributed by atoms with van der Waals surface area (Å²) in [5.41, 5.74) is 5.62. The lowest BCUT2D eigenvalue weighted by Gasteiger charge is -2.20. The van der Waals surface area contributed by atoms with Gasteiger partial charge in [-0.25, -0.2) is 0 Å². The van der Waals surface area contributed by atoms with Crippen LogP contribution in [0.4, 0.5) is 0 Å². The van der Waals surface area contributed by atoms with E-state index in [0.29, 0.717) is 14.2 Å². The maximum atomic E-state index is 11.7. The third kappa shape index (κ3) is 6.15. The molecule has 1 unspecified atom stereocenters. The van der Waals surface area contributed by atoms with Crippen molar-refractivity contribution in [3.8, 4) is 5.75 Å². The number of phenols is 1. The van der Waals surface area contributed by atoms with E-state index < -0.39 is 17.9 Å². The molecule has 6 nitrogen and oxygen atoms in total. The number of ether oxygens (including phenoxy) is 1. The summed E-state index contributed by atoms with van der Waals surface area (Å²) in [4.78, 5) is 23.2.